The highest BCUT2D eigenvalue weighted by atomic mass is 16.5. The fourth-order valence-electron chi connectivity index (χ4n) is 5.30. The second-order valence-corrected chi connectivity index (χ2v) is 10.1. The van der Waals surface area contributed by atoms with Gasteiger partial charge in [0.05, 0.1) is 25.5 Å². The molecule has 1 saturated carbocycles. The van der Waals surface area contributed by atoms with Gasteiger partial charge in [-0.15, -0.1) is 0 Å². The van der Waals surface area contributed by atoms with Gasteiger partial charge >= 0.3 is 0 Å². The molecule has 1 aliphatic heterocycles. The fourth-order valence-corrected chi connectivity index (χ4v) is 5.30. The zero-order valence-electron chi connectivity index (χ0n) is 21.4. The number of hydrogen-bond donors (Lipinski definition) is 3. The molecule has 202 valence electrons. The van der Waals surface area contributed by atoms with E-state index in [0.717, 1.165) is 13.0 Å². The Balaban J connectivity index is 1.16. The van der Waals surface area contributed by atoms with Crippen LogP contribution in [0.1, 0.15) is 42.5 Å². The van der Waals surface area contributed by atoms with Crippen LogP contribution in [0.2, 0.25) is 0 Å². The molecule has 1 aliphatic carbocycles. The monoisotopic (exact) mass is 523 g/mol. The maximum Gasteiger partial charge on any atom is 0.253 e. The summed E-state index contributed by atoms with van der Waals surface area (Å²) in [5.41, 5.74) is 5.90. The molecule has 12 heteroatoms. The highest BCUT2D eigenvalue weighted by Crippen LogP contribution is 2.34. The first-order valence-electron chi connectivity index (χ1n) is 12.8. The third kappa shape index (κ3) is 5.14. The molecule has 1 aromatic carbocycles. The molecule has 2 aliphatic rings. The average Bonchev–Trinajstić information content (AvgIpc) is 3.52. The van der Waals surface area contributed by atoms with E-state index in [1.165, 1.54) is 12.7 Å². The van der Waals surface area contributed by atoms with E-state index < -0.39 is 11.7 Å². The summed E-state index contributed by atoms with van der Waals surface area (Å²) < 4.78 is 7.41. The number of carbonyl (C=O) groups is 2. The van der Waals surface area contributed by atoms with Gasteiger partial charge in [0.15, 0.2) is 11.5 Å². The van der Waals surface area contributed by atoms with Crippen LogP contribution in [0.3, 0.4) is 0 Å². The summed E-state index contributed by atoms with van der Waals surface area (Å²) in [5.74, 6) is 0.879. The van der Waals surface area contributed by atoms with E-state index in [4.69, 9.17) is 10.5 Å². The number of nitrogen functional groups attached to an aromatic ring is 1. The smallest absolute Gasteiger partial charge is 0.253 e. The topological polar surface area (TPSA) is 160 Å². The molecule has 2 fully saturated rings. The van der Waals surface area contributed by atoms with E-state index in [2.05, 4.69) is 15.0 Å². The van der Waals surface area contributed by atoms with Gasteiger partial charge in [0.2, 0.25) is 5.91 Å². The van der Waals surface area contributed by atoms with Crippen LogP contribution in [0, 0.1) is 0 Å². The third-order valence-electron chi connectivity index (χ3n) is 7.67. The van der Waals surface area contributed by atoms with Crippen molar-refractivity contribution in [2.75, 3.05) is 32.5 Å². The molecule has 38 heavy (non-hydrogen) atoms. The average molecular weight is 524 g/mol. The summed E-state index contributed by atoms with van der Waals surface area (Å²) in [7, 11) is 1.71. The van der Waals surface area contributed by atoms with Gasteiger partial charge in [0, 0.05) is 31.6 Å². The molecule has 2 aromatic heterocycles. The number of aliphatic hydroxyl groups is 2. The molecular weight excluding hydrogens is 490 g/mol. The van der Waals surface area contributed by atoms with Gasteiger partial charge in [-0.2, -0.15) is 0 Å². The molecule has 12 nitrogen and oxygen atoms in total. The molecule has 0 radical (unpaired) electrons. The van der Waals surface area contributed by atoms with E-state index in [1.54, 1.807) is 45.7 Å². The molecular formula is C26H33N7O5. The highest BCUT2D eigenvalue weighted by Gasteiger charge is 2.43. The van der Waals surface area contributed by atoms with Gasteiger partial charge < -0.3 is 35.1 Å². The Labute approximate surface area is 220 Å². The number of fused-ring (bicyclic) bond motifs is 1. The zero-order valence-corrected chi connectivity index (χ0v) is 21.4. The lowest BCUT2D eigenvalue weighted by Crippen LogP contribution is -2.54. The Kier molecular flexibility index (Phi) is 7.17. The maximum absolute atomic E-state index is 13.1. The summed E-state index contributed by atoms with van der Waals surface area (Å²) >= 11 is 0. The number of ether oxygens (including phenoxy) is 1. The minimum Gasteiger partial charge on any atom is -0.492 e. The molecule has 3 atom stereocenters. The van der Waals surface area contributed by atoms with Crippen molar-refractivity contribution >= 4 is 28.8 Å². The summed E-state index contributed by atoms with van der Waals surface area (Å²) in [6.45, 7) is 1.83. The molecule has 5 rings (SSSR count). The number of benzene rings is 1. The van der Waals surface area contributed by atoms with E-state index in [9.17, 15) is 19.8 Å². The third-order valence-corrected chi connectivity index (χ3v) is 7.67. The first-order valence-corrected chi connectivity index (χ1v) is 12.8. The SMILES string of the molecule is CN(C(=O)c1ccc(OCCN2CCCC2=O)cc1)[C@H]1CC[C@@](O)(Cn2cnc3c(N)ncnc32)[C@H](O)C1. The minimum absolute atomic E-state index is 0.0961. The molecule has 1 saturated heterocycles. The molecule has 0 bridgehead atoms. The second-order valence-electron chi connectivity index (χ2n) is 10.1. The first-order chi connectivity index (χ1) is 18.2. The first kappa shape index (κ1) is 25.9. The van der Waals surface area contributed by atoms with E-state index >= 15 is 0 Å². The van der Waals surface area contributed by atoms with Crippen LogP contribution in [-0.2, 0) is 11.3 Å². The summed E-state index contributed by atoms with van der Waals surface area (Å²) in [5, 5.41) is 22.2. The van der Waals surface area contributed by atoms with Crippen LogP contribution in [0.25, 0.3) is 11.2 Å². The van der Waals surface area contributed by atoms with Crippen LogP contribution >= 0.6 is 0 Å². The number of amides is 2. The predicted molar refractivity (Wildman–Crippen MR) is 138 cm³/mol. The standard InChI is InChI=1S/C26H33N7O5/c1-31(25(36)17-4-6-19(7-5-17)38-12-11-32-10-2-3-21(32)35)18-8-9-26(37,20(34)13-18)14-33-16-30-22-23(27)28-15-29-24(22)33/h4-7,15-16,18,20,34,37H,2-3,8-14H2,1H3,(H2,27,28,29)/t18-,20+,26+/m0/s1. The van der Waals surface area contributed by atoms with Crippen LogP contribution < -0.4 is 10.5 Å². The number of nitrogens with two attached hydrogens (primary N) is 1. The molecule has 3 aromatic rings. The van der Waals surface area contributed by atoms with Crippen molar-refractivity contribution in [3.63, 3.8) is 0 Å². The normalized spacial score (nSPS) is 23.7. The number of aromatic nitrogens is 4. The van der Waals surface area contributed by atoms with Gasteiger partial charge in [-0.3, -0.25) is 9.59 Å². The van der Waals surface area contributed by atoms with Gasteiger partial charge in [-0.1, -0.05) is 0 Å². The Morgan fingerprint density at radius 3 is 2.76 bits per heavy atom. The van der Waals surface area contributed by atoms with Crippen molar-refractivity contribution in [2.24, 2.45) is 0 Å². The van der Waals surface area contributed by atoms with Crippen molar-refractivity contribution < 1.29 is 24.5 Å². The van der Waals surface area contributed by atoms with Gasteiger partial charge in [0.1, 0.15) is 29.8 Å². The number of hydrogen-bond acceptors (Lipinski definition) is 9. The Hall–Kier alpha value is -3.77. The van der Waals surface area contributed by atoms with Crippen LogP contribution in [-0.4, -0.2) is 95.8 Å². The molecule has 2 amide bonds. The molecule has 4 N–H and O–H groups in total. The number of aliphatic hydroxyl groups excluding tert-OH is 1. The van der Waals surface area contributed by atoms with Crippen LogP contribution in [0.15, 0.2) is 36.9 Å². The van der Waals surface area contributed by atoms with Crippen molar-refractivity contribution in [1.82, 2.24) is 29.3 Å². The molecule has 3 heterocycles. The summed E-state index contributed by atoms with van der Waals surface area (Å²) in [6.07, 6.45) is 4.37. The number of rotatable bonds is 8. The maximum atomic E-state index is 13.1. The van der Waals surface area contributed by atoms with E-state index in [-0.39, 0.29) is 36.6 Å². The van der Waals surface area contributed by atoms with Crippen molar-refractivity contribution in [1.29, 1.82) is 0 Å². The fraction of sp³-hybridized carbons (Fsp3) is 0.500. The number of carbonyl (C=O) groups excluding carboxylic acids is 2. The number of nitrogens with zero attached hydrogens (tertiary/aromatic N) is 6. The van der Waals surface area contributed by atoms with Gasteiger partial charge in [-0.25, -0.2) is 15.0 Å². The van der Waals surface area contributed by atoms with E-state index in [0.29, 0.717) is 54.9 Å². The number of imidazole rings is 1. The van der Waals surface area contributed by atoms with Crippen molar-refractivity contribution in [3.8, 4) is 5.75 Å². The summed E-state index contributed by atoms with van der Waals surface area (Å²) in [6, 6.07) is 6.68. The van der Waals surface area contributed by atoms with Crippen molar-refractivity contribution in [2.45, 2.75) is 56.4 Å². The highest BCUT2D eigenvalue weighted by molar-refractivity contribution is 5.94. The predicted octanol–water partition coefficient (Wildman–Crippen LogP) is 0.826. The zero-order chi connectivity index (χ0) is 26.9. The second kappa shape index (κ2) is 10.5. The Bertz CT molecular complexity index is 1310. The van der Waals surface area contributed by atoms with Gasteiger partial charge in [0.25, 0.3) is 5.91 Å². The Morgan fingerprint density at radius 1 is 1.26 bits per heavy atom. The lowest BCUT2D eigenvalue weighted by atomic mass is 9.79. The molecule has 0 unspecified atom stereocenters. The van der Waals surface area contributed by atoms with Crippen molar-refractivity contribution in [3.05, 3.63) is 42.5 Å². The van der Waals surface area contributed by atoms with Crippen LogP contribution in [0.5, 0.6) is 5.75 Å². The molecule has 0 spiro atoms. The Morgan fingerprint density at radius 2 is 2.05 bits per heavy atom. The lowest BCUT2D eigenvalue weighted by Gasteiger charge is -2.43. The largest absolute Gasteiger partial charge is 0.492 e. The number of anilines is 1. The number of likely N-dealkylation sites (tertiary alicyclic amines) is 1. The van der Waals surface area contributed by atoms with Gasteiger partial charge in [-0.05, 0) is 49.9 Å². The van der Waals surface area contributed by atoms with E-state index in [1.807, 2.05) is 0 Å². The lowest BCUT2D eigenvalue weighted by molar-refractivity contribution is -0.128. The minimum atomic E-state index is -1.40. The van der Waals surface area contributed by atoms with Crippen LogP contribution in [0.4, 0.5) is 5.82 Å². The quantitative estimate of drug-likeness (QED) is 0.388. The summed E-state index contributed by atoms with van der Waals surface area (Å²) in [4.78, 5) is 40.6.